The number of nitrogens with zero attached hydrogens (tertiary/aromatic N) is 7. The van der Waals surface area contributed by atoms with Crippen molar-refractivity contribution in [2.75, 3.05) is 0 Å². The highest BCUT2D eigenvalue weighted by Crippen LogP contribution is 2.13. The van der Waals surface area contributed by atoms with Gasteiger partial charge in [-0.25, -0.2) is 4.79 Å². The molecule has 0 aliphatic rings. The van der Waals surface area contributed by atoms with E-state index in [1.165, 1.54) is 10.9 Å². The minimum atomic E-state index is -0.380. The zero-order valence-electron chi connectivity index (χ0n) is 27.0. The number of nitriles is 1. The minimum Gasteiger partial charge on any atom is -0.433 e. The summed E-state index contributed by atoms with van der Waals surface area (Å²) in [6.45, 7) is 6.90. The van der Waals surface area contributed by atoms with E-state index >= 15 is 0 Å². The summed E-state index contributed by atoms with van der Waals surface area (Å²) in [5, 5.41) is 24.1. The van der Waals surface area contributed by atoms with Crippen LogP contribution in [0.4, 0.5) is 0 Å². The molecule has 0 saturated carbocycles. The van der Waals surface area contributed by atoms with Crippen LogP contribution in [-0.4, -0.2) is 54.0 Å². The number of aromatic nitrogens is 6. The molecule has 2 aromatic heterocycles. The van der Waals surface area contributed by atoms with E-state index in [4.69, 9.17) is 14.8 Å². The Morgan fingerprint density at radius 1 is 0.729 bits per heavy atom. The van der Waals surface area contributed by atoms with Gasteiger partial charge in [-0.15, -0.1) is 10.2 Å². The third-order valence-electron chi connectivity index (χ3n) is 5.91. The van der Waals surface area contributed by atoms with Crippen LogP contribution in [0.3, 0.4) is 0 Å². The van der Waals surface area contributed by atoms with Crippen molar-refractivity contribution in [3.05, 3.63) is 90.7 Å². The number of fused-ring (bicyclic) bond motifs is 2. The van der Waals surface area contributed by atoms with E-state index in [1.54, 1.807) is 52.0 Å². The number of allylic oxidation sites excluding steroid dienone is 1. The van der Waals surface area contributed by atoms with Gasteiger partial charge in [-0.3, -0.25) is 14.4 Å². The number of rotatable bonds is 7. The lowest BCUT2D eigenvalue weighted by Crippen LogP contribution is -2.19. The van der Waals surface area contributed by atoms with Gasteiger partial charge >= 0.3 is 17.9 Å². The first-order chi connectivity index (χ1) is 23.2. The maximum absolute atomic E-state index is 11.3. The quantitative estimate of drug-likeness (QED) is 0.0836. The number of carbonyl (C=O) groups excluding carboxylic acids is 4. The Morgan fingerprint density at radius 2 is 1.27 bits per heavy atom. The predicted octanol–water partition coefficient (Wildman–Crippen LogP) is 4.60. The van der Waals surface area contributed by atoms with Crippen molar-refractivity contribution < 1.29 is 33.6 Å². The van der Waals surface area contributed by atoms with Crippen molar-refractivity contribution in [1.29, 1.82) is 5.26 Å². The van der Waals surface area contributed by atoms with Gasteiger partial charge in [-0.1, -0.05) is 92.4 Å². The monoisotopic (exact) mass is 656 g/mol. The Bertz CT molecular complexity index is 1850. The number of nitrogens with two attached hydrogens (primary N) is 1. The van der Waals surface area contributed by atoms with Gasteiger partial charge in [0.05, 0.1) is 11.1 Å². The fourth-order valence-electron chi connectivity index (χ4n) is 3.35. The second-order valence-corrected chi connectivity index (χ2v) is 9.20. The molecule has 0 fully saturated rings. The van der Waals surface area contributed by atoms with Gasteiger partial charge in [0.15, 0.2) is 0 Å². The largest absolute Gasteiger partial charge is 0.433 e. The molecular formula is C33H36N8O7. The van der Waals surface area contributed by atoms with Crippen LogP contribution in [0.5, 0.6) is 0 Å². The maximum Gasteiger partial charge on any atom is 0.334 e. The third kappa shape index (κ3) is 11.9. The van der Waals surface area contributed by atoms with Crippen LogP contribution >= 0.6 is 0 Å². The SMILES string of the molecule is CCC(=O)O/C=C(\C#N)c1ccccc1.CCC(=O)ON.CCC(=O)On1nnc2ccccc21.CCC(=O)n1nnc2ccccc21. The van der Waals surface area contributed by atoms with Gasteiger partial charge in [0.2, 0.25) is 5.91 Å². The number of ether oxygens (including phenoxy) is 1. The topological polar surface area (TPSA) is 207 Å². The van der Waals surface area contributed by atoms with E-state index < -0.39 is 0 Å². The minimum absolute atomic E-state index is 0.0336. The fraction of sp³-hybridized carbons (Fsp3) is 0.242. The van der Waals surface area contributed by atoms with Crippen LogP contribution < -0.4 is 10.7 Å². The molecular weight excluding hydrogens is 620 g/mol. The maximum atomic E-state index is 11.3. The summed E-state index contributed by atoms with van der Waals surface area (Å²) >= 11 is 0. The highest BCUT2D eigenvalue weighted by atomic mass is 16.7. The molecule has 2 N–H and O–H groups in total. The highest BCUT2D eigenvalue weighted by molar-refractivity contribution is 5.88. The average molecular weight is 657 g/mol. The van der Waals surface area contributed by atoms with Gasteiger partial charge in [0.1, 0.15) is 28.9 Å². The fourth-order valence-corrected chi connectivity index (χ4v) is 3.35. The standard InChI is InChI=1S/C12H11NO2.C9H9N3O2.C9H9N3O.C3H7NO2/c1-2-12(14)15-9-11(8-13)10-6-4-3-5-7-10;1-2-9(13)14-12-8-6-4-3-5-7(8)10-11-12;1-2-9(13)12-8-6-4-3-5-7(8)10-11-12;1-2-3(5)6-4/h3-7,9H,2H2,1H3;3-6H,2H2,1H3;3-6H,2H2,1H3;2,4H2,1H3/b11-9+;;;. The number of hydrogen-bond acceptors (Lipinski definition) is 13. The van der Waals surface area contributed by atoms with E-state index in [0.29, 0.717) is 42.3 Å². The van der Waals surface area contributed by atoms with Crippen molar-refractivity contribution in [3.8, 4) is 6.07 Å². The molecule has 0 aliphatic heterocycles. The number of esters is 1. The molecule has 0 radical (unpaired) electrons. The Balaban J connectivity index is 0.000000231. The lowest BCUT2D eigenvalue weighted by Gasteiger charge is -1.99. The van der Waals surface area contributed by atoms with E-state index in [0.717, 1.165) is 21.4 Å². The van der Waals surface area contributed by atoms with Crippen LogP contribution in [0.25, 0.3) is 27.6 Å². The first-order valence-corrected chi connectivity index (χ1v) is 14.8. The summed E-state index contributed by atoms with van der Waals surface area (Å²) in [6, 6.07) is 25.7. The van der Waals surface area contributed by atoms with Crippen molar-refractivity contribution in [3.63, 3.8) is 0 Å². The summed E-state index contributed by atoms with van der Waals surface area (Å²) < 4.78 is 6.12. The summed E-state index contributed by atoms with van der Waals surface area (Å²) in [6.07, 6.45) is 2.59. The van der Waals surface area contributed by atoms with Gasteiger partial charge in [-0.2, -0.15) is 15.8 Å². The molecule has 0 bridgehead atoms. The molecule has 0 atom stereocenters. The Morgan fingerprint density at radius 3 is 1.81 bits per heavy atom. The van der Waals surface area contributed by atoms with Gasteiger partial charge < -0.3 is 14.4 Å². The van der Waals surface area contributed by atoms with Gasteiger partial charge in [0.25, 0.3) is 0 Å². The zero-order valence-corrected chi connectivity index (χ0v) is 27.0. The molecule has 5 aromatic rings. The highest BCUT2D eigenvalue weighted by Gasteiger charge is 2.09. The lowest BCUT2D eigenvalue weighted by molar-refractivity contribution is -0.145. The van der Waals surface area contributed by atoms with Crippen molar-refractivity contribution >= 4 is 51.5 Å². The molecule has 0 spiro atoms. The van der Waals surface area contributed by atoms with E-state index in [1.807, 2.05) is 60.7 Å². The van der Waals surface area contributed by atoms with E-state index in [-0.39, 0.29) is 23.8 Å². The molecule has 5 rings (SSSR count). The van der Waals surface area contributed by atoms with Crippen LogP contribution in [0.2, 0.25) is 0 Å². The molecule has 0 unspecified atom stereocenters. The molecule has 15 heteroatoms. The molecule has 0 aliphatic carbocycles. The smallest absolute Gasteiger partial charge is 0.334 e. The normalized spacial score (nSPS) is 10.1. The average Bonchev–Trinajstić information content (AvgIpc) is 3.76. The number of benzene rings is 3. The molecule has 250 valence electrons. The number of hydrogen-bond donors (Lipinski definition) is 1. The Kier molecular flexibility index (Phi) is 16.4. The van der Waals surface area contributed by atoms with Crippen molar-refractivity contribution in [2.24, 2.45) is 5.90 Å². The third-order valence-corrected chi connectivity index (χ3v) is 5.91. The van der Waals surface area contributed by atoms with Gasteiger partial charge in [0, 0.05) is 25.7 Å². The first-order valence-electron chi connectivity index (χ1n) is 14.8. The molecule has 3 aromatic carbocycles. The summed E-state index contributed by atoms with van der Waals surface area (Å²) in [7, 11) is 0. The molecule has 0 amide bonds. The van der Waals surface area contributed by atoms with Crippen LogP contribution in [0.15, 0.2) is 85.1 Å². The van der Waals surface area contributed by atoms with E-state index in [9.17, 15) is 19.2 Å². The molecule has 15 nitrogen and oxygen atoms in total. The molecule has 48 heavy (non-hydrogen) atoms. The lowest BCUT2D eigenvalue weighted by atomic mass is 10.1. The van der Waals surface area contributed by atoms with Crippen LogP contribution in [-0.2, 0) is 24.0 Å². The summed E-state index contributed by atoms with van der Waals surface area (Å²) in [4.78, 5) is 52.9. The second kappa shape index (κ2) is 20.7. The zero-order chi connectivity index (χ0) is 35.3. The first kappa shape index (κ1) is 37.9. The molecule has 2 heterocycles. The number of carbonyl (C=O) groups is 4. The van der Waals surface area contributed by atoms with E-state index in [2.05, 4.69) is 31.4 Å². The predicted molar refractivity (Wildman–Crippen MR) is 175 cm³/mol. The second-order valence-electron chi connectivity index (χ2n) is 9.20. The Hall–Kier alpha value is -6.27. The Labute approximate surface area is 276 Å². The summed E-state index contributed by atoms with van der Waals surface area (Å²) in [5.74, 6) is 3.34. The van der Waals surface area contributed by atoms with Crippen molar-refractivity contribution in [1.82, 2.24) is 30.2 Å². The molecule has 0 saturated heterocycles. The van der Waals surface area contributed by atoms with Crippen molar-refractivity contribution in [2.45, 2.75) is 53.4 Å². The number of para-hydroxylation sites is 2. The van der Waals surface area contributed by atoms with Gasteiger partial charge in [-0.05, 0) is 35.0 Å². The van der Waals surface area contributed by atoms with Crippen LogP contribution in [0.1, 0.15) is 63.7 Å². The van der Waals surface area contributed by atoms with Crippen LogP contribution in [0, 0.1) is 11.3 Å². The summed E-state index contributed by atoms with van der Waals surface area (Å²) in [5.41, 5.74) is 4.01.